The Bertz CT molecular complexity index is 963. The molecule has 26 heavy (non-hydrogen) atoms. The maximum atomic E-state index is 13.3. The highest BCUT2D eigenvalue weighted by Crippen LogP contribution is 2.40. The fraction of sp³-hybridized carbons (Fsp3) is 0.381. The molecule has 2 aliphatic rings. The molecule has 1 amide bonds. The first-order valence-corrected chi connectivity index (χ1v) is 9.49. The van der Waals surface area contributed by atoms with Crippen molar-refractivity contribution in [1.29, 1.82) is 0 Å². The number of hydrogen-bond donors (Lipinski definition) is 0. The van der Waals surface area contributed by atoms with Crippen LogP contribution in [0, 0.1) is 0 Å². The normalized spacial score (nSPS) is 22.5. The molecule has 0 unspecified atom stereocenters. The van der Waals surface area contributed by atoms with Crippen LogP contribution >= 0.6 is 0 Å². The van der Waals surface area contributed by atoms with Crippen molar-refractivity contribution >= 4 is 11.6 Å². The van der Waals surface area contributed by atoms with Crippen molar-refractivity contribution < 1.29 is 4.79 Å². The highest BCUT2D eigenvalue weighted by atomic mass is 16.2. The van der Waals surface area contributed by atoms with Gasteiger partial charge in [-0.2, -0.15) is 0 Å². The summed E-state index contributed by atoms with van der Waals surface area (Å²) in [5.41, 5.74) is 4.01. The molecule has 5 nitrogen and oxygen atoms in total. The zero-order chi connectivity index (χ0) is 17.5. The number of benzene rings is 1. The molecule has 0 N–H and O–H groups in total. The molecule has 132 valence electrons. The maximum Gasteiger partial charge on any atom is 0.276 e. The Labute approximate surface area is 152 Å². The molecule has 2 atom stereocenters. The van der Waals surface area contributed by atoms with Gasteiger partial charge in [-0.25, -0.2) is 9.97 Å². The molecule has 2 aromatic heterocycles. The molecule has 0 radical (unpaired) electrons. The summed E-state index contributed by atoms with van der Waals surface area (Å²) in [6.07, 6.45) is 12.7. The lowest BCUT2D eigenvalue weighted by atomic mass is 9.78. The minimum Gasteiger partial charge on any atom is -0.334 e. The number of fused-ring (bicyclic) bond motifs is 2. The summed E-state index contributed by atoms with van der Waals surface area (Å²) < 4.78 is 1.86. The van der Waals surface area contributed by atoms with E-state index < -0.39 is 0 Å². The molecule has 5 rings (SSSR count). The van der Waals surface area contributed by atoms with Crippen molar-refractivity contribution in [1.82, 2.24) is 19.3 Å². The summed E-state index contributed by atoms with van der Waals surface area (Å²) in [5.74, 6) is 0.457. The summed E-state index contributed by atoms with van der Waals surface area (Å²) >= 11 is 0. The van der Waals surface area contributed by atoms with E-state index in [0.29, 0.717) is 17.3 Å². The van der Waals surface area contributed by atoms with E-state index in [-0.39, 0.29) is 11.9 Å². The minimum atomic E-state index is 0.0207. The fourth-order valence-electron chi connectivity index (χ4n) is 4.80. The summed E-state index contributed by atoms with van der Waals surface area (Å²) in [4.78, 5) is 24.1. The molecule has 1 aliphatic heterocycles. The van der Waals surface area contributed by atoms with Crippen LogP contribution in [0.25, 0.3) is 5.65 Å². The molecular formula is C21H22N4O. The molecule has 1 aromatic carbocycles. The lowest BCUT2D eigenvalue weighted by Crippen LogP contribution is -2.40. The first-order chi connectivity index (χ1) is 12.8. The number of likely N-dealkylation sites (tertiary alicyclic amines) is 1. The summed E-state index contributed by atoms with van der Waals surface area (Å²) in [7, 11) is 0. The average Bonchev–Trinajstić information content (AvgIpc) is 3.36. The second-order valence-electron chi connectivity index (χ2n) is 7.34. The highest BCUT2D eigenvalue weighted by molar-refractivity contribution is 5.98. The zero-order valence-corrected chi connectivity index (χ0v) is 14.7. The molecule has 0 saturated carbocycles. The third-order valence-electron chi connectivity index (χ3n) is 5.95. The van der Waals surface area contributed by atoms with E-state index in [1.54, 1.807) is 12.4 Å². The van der Waals surface area contributed by atoms with E-state index in [4.69, 9.17) is 0 Å². The third kappa shape index (κ3) is 2.42. The van der Waals surface area contributed by atoms with Crippen LogP contribution < -0.4 is 0 Å². The van der Waals surface area contributed by atoms with Crippen LogP contribution in [0.5, 0.6) is 0 Å². The summed E-state index contributed by atoms with van der Waals surface area (Å²) in [6, 6.07) is 9.02. The molecule has 0 spiro atoms. The number of nitrogens with zero attached hydrogens (tertiary/aromatic N) is 4. The Morgan fingerprint density at radius 2 is 1.88 bits per heavy atom. The molecular weight excluding hydrogens is 324 g/mol. The fourth-order valence-corrected chi connectivity index (χ4v) is 4.80. The van der Waals surface area contributed by atoms with Crippen LogP contribution in [0.2, 0.25) is 0 Å². The predicted octanol–water partition coefficient (Wildman–Crippen LogP) is 3.45. The van der Waals surface area contributed by atoms with Gasteiger partial charge in [0.1, 0.15) is 0 Å². The first kappa shape index (κ1) is 15.6. The van der Waals surface area contributed by atoms with Crippen molar-refractivity contribution in [3.8, 4) is 0 Å². The SMILES string of the molecule is O=C(c1nccn2ccnc12)N1CCC[C@@H]1[C@H]1CCCc2ccccc21. The number of hydrogen-bond acceptors (Lipinski definition) is 3. The van der Waals surface area contributed by atoms with Gasteiger partial charge < -0.3 is 9.30 Å². The van der Waals surface area contributed by atoms with Gasteiger partial charge in [0.25, 0.3) is 5.91 Å². The molecule has 0 bridgehead atoms. The van der Waals surface area contributed by atoms with E-state index in [2.05, 4.69) is 39.1 Å². The average molecular weight is 346 g/mol. The van der Waals surface area contributed by atoms with Gasteiger partial charge in [-0.1, -0.05) is 24.3 Å². The van der Waals surface area contributed by atoms with Crippen LogP contribution in [0.4, 0.5) is 0 Å². The predicted molar refractivity (Wildman–Crippen MR) is 99.2 cm³/mol. The standard InChI is InChI=1S/C21H22N4O/c26-21(19-20-23-11-14-24(20)13-10-22-19)25-12-4-9-18(25)17-8-3-6-15-5-1-2-7-16(15)17/h1-2,5,7,10-11,13-14,17-18H,3-4,6,8-9,12H2/t17-,18+/m0/s1. The maximum absolute atomic E-state index is 13.3. The Kier molecular flexibility index (Phi) is 3.73. The van der Waals surface area contributed by atoms with E-state index in [1.165, 1.54) is 17.5 Å². The molecule has 1 aliphatic carbocycles. The highest BCUT2D eigenvalue weighted by Gasteiger charge is 2.38. The van der Waals surface area contributed by atoms with Gasteiger partial charge in [-0.05, 0) is 43.2 Å². The van der Waals surface area contributed by atoms with Crippen LogP contribution in [0.15, 0.2) is 49.1 Å². The molecule has 3 heterocycles. The largest absolute Gasteiger partial charge is 0.334 e. The van der Waals surface area contributed by atoms with Crippen LogP contribution in [0.1, 0.15) is 53.2 Å². The monoisotopic (exact) mass is 346 g/mol. The van der Waals surface area contributed by atoms with Crippen LogP contribution in [-0.2, 0) is 6.42 Å². The van der Waals surface area contributed by atoms with E-state index >= 15 is 0 Å². The van der Waals surface area contributed by atoms with Gasteiger partial charge >= 0.3 is 0 Å². The minimum absolute atomic E-state index is 0.0207. The van der Waals surface area contributed by atoms with Gasteiger partial charge in [-0.3, -0.25) is 4.79 Å². The second-order valence-corrected chi connectivity index (χ2v) is 7.34. The topological polar surface area (TPSA) is 50.5 Å². The molecule has 5 heteroatoms. The number of aryl methyl sites for hydroxylation is 1. The van der Waals surface area contributed by atoms with Gasteiger partial charge in [0.05, 0.1) is 0 Å². The quantitative estimate of drug-likeness (QED) is 0.714. The summed E-state index contributed by atoms with van der Waals surface area (Å²) in [6.45, 7) is 0.811. The van der Waals surface area contributed by atoms with Gasteiger partial charge in [0, 0.05) is 43.3 Å². The van der Waals surface area contributed by atoms with Crippen LogP contribution in [0.3, 0.4) is 0 Å². The number of rotatable bonds is 2. The Hall–Kier alpha value is -2.69. The van der Waals surface area contributed by atoms with Crippen molar-refractivity contribution in [2.75, 3.05) is 6.54 Å². The number of aromatic nitrogens is 3. The molecule has 3 aromatic rings. The number of carbonyl (C=O) groups is 1. The lowest BCUT2D eigenvalue weighted by molar-refractivity contribution is 0.0706. The number of carbonyl (C=O) groups excluding carboxylic acids is 1. The van der Waals surface area contributed by atoms with Crippen molar-refractivity contribution in [2.24, 2.45) is 0 Å². The van der Waals surface area contributed by atoms with Crippen LogP contribution in [-0.4, -0.2) is 37.8 Å². The van der Waals surface area contributed by atoms with Crippen molar-refractivity contribution in [3.05, 3.63) is 65.9 Å². The van der Waals surface area contributed by atoms with Gasteiger partial charge in [-0.15, -0.1) is 0 Å². The van der Waals surface area contributed by atoms with E-state index in [1.807, 2.05) is 16.8 Å². The smallest absolute Gasteiger partial charge is 0.276 e. The third-order valence-corrected chi connectivity index (χ3v) is 5.95. The molecule has 1 fully saturated rings. The number of amides is 1. The van der Waals surface area contributed by atoms with Crippen molar-refractivity contribution in [2.45, 2.75) is 44.1 Å². The zero-order valence-electron chi connectivity index (χ0n) is 14.7. The Balaban J connectivity index is 1.50. The van der Waals surface area contributed by atoms with E-state index in [0.717, 1.165) is 32.2 Å². The molecule has 1 saturated heterocycles. The lowest BCUT2D eigenvalue weighted by Gasteiger charge is -2.35. The Morgan fingerprint density at radius 3 is 2.81 bits per heavy atom. The second kappa shape index (κ2) is 6.24. The van der Waals surface area contributed by atoms with Gasteiger partial charge in [0.2, 0.25) is 0 Å². The number of imidazole rings is 1. The first-order valence-electron chi connectivity index (χ1n) is 9.49. The van der Waals surface area contributed by atoms with Gasteiger partial charge in [0.15, 0.2) is 11.3 Å². The van der Waals surface area contributed by atoms with Crippen molar-refractivity contribution in [3.63, 3.8) is 0 Å². The summed E-state index contributed by atoms with van der Waals surface area (Å²) in [5, 5.41) is 0. The Morgan fingerprint density at radius 1 is 1.04 bits per heavy atom. The van der Waals surface area contributed by atoms with E-state index in [9.17, 15) is 4.79 Å².